The Labute approximate surface area is 352 Å². The van der Waals surface area contributed by atoms with Crippen molar-refractivity contribution in [3.8, 4) is 67.5 Å². The van der Waals surface area contributed by atoms with E-state index in [4.69, 9.17) is 14.4 Å². The molecule has 12 aromatic rings. The summed E-state index contributed by atoms with van der Waals surface area (Å²) in [5.74, 6) is 1.48. The number of furan rings is 1. The fourth-order valence-electron chi connectivity index (χ4n) is 9.21. The lowest BCUT2D eigenvalue weighted by Crippen LogP contribution is -1.97. The van der Waals surface area contributed by atoms with E-state index in [1.165, 1.54) is 60.0 Å². The monoisotopic (exact) mass is 776 g/mol. The van der Waals surface area contributed by atoms with Gasteiger partial charge in [0.05, 0.1) is 11.4 Å². The molecule has 2 aromatic heterocycles. The summed E-state index contributed by atoms with van der Waals surface area (Å²) in [4.78, 5) is 10.4. The van der Waals surface area contributed by atoms with Gasteiger partial charge in [0.25, 0.3) is 0 Å². The number of benzene rings is 10. The molecule has 284 valence electrons. The zero-order valence-corrected chi connectivity index (χ0v) is 33.1. The number of para-hydroxylation sites is 1. The van der Waals surface area contributed by atoms with E-state index in [9.17, 15) is 0 Å². The maximum Gasteiger partial charge on any atom is 0.160 e. The summed E-state index contributed by atoms with van der Waals surface area (Å²) in [5.41, 5.74) is 11.4. The summed E-state index contributed by atoms with van der Waals surface area (Å²) in [7, 11) is 0. The van der Waals surface area contributed by atoms with Crippen LogP contribution in [0.2, 0.25) is 0 Å². The van der Waals surface area contributed by atoms with Crippen molar-refractivity contribution in [2.45, 2.75) is 0 Å². The van der Waals surface area contributed by atoms with Crippen LogP contribution in [0, 0.1) is 0 Å². The molecule has 0 amide bonds. The van der Waals surface area contributed by atoms with Gasteiger partial charge < -0.3 is 4.42 Å². The third-order valence-corrected chi connectivity index (χ3v) is 12.1. The fraction of sp³-hybridized carbons (Fsp3) is 0. The van der Waals surface area contributed by atoms with Crippen LogP contribution in [-0.4, -0.2) is 9.97 Å². The highest BCUT2D eigenvalue weighted by Gasteiger charge is 2.20. The third-order valence-electron chi connectivity index (χ3n) is 12.1. The molecule has 61 heavy (non-hydrogen) atoms. The van der Waals surface area contributed by atoms with Crippen molar-refractivity contribution in [3.63, 3.8) is 0 Å². The van der Waals surface area contributed by atoms with Crippen molar-refractivity contribution in [3.05, 3.63) is 218 Å². The molecule has 3 nitrogen and oxygen atoms in total. The van der Waals surface area contributed by atoms with Crippen LogP contribution in [0.3, 0.4) is 0 Å². The number of rotatable bonds is 6. The van der Waals surface area contributed by atoms with Gasteiger partial charge in [-0.25, -0.2) is 9.97 Å². The van der Waals surface area contributed by atoms with Gasteiger partial charge in [0, 0.05) is 27.6 Å². The van der Waals surface area contributed by atoms with Crippen molar-refractivity contribution in [2.75, 3.05) is 0 Å². The molecule has 0 radical (unpaired) electrons. The van der Waals surface area contributed by atoms with Crippen LogP contribution in [0.25, 0.3) is 122 Å². The van der Waals surface area contributed by atoms with Gasteiger partial charge in [-0.2, -0.15) is 0 Å². The van der Waals surface area contributed by atoms with Gasteiger partial charge in [-0.05, 0) is 95.7 Å². The summed E-state index contributed by atoms with van der Waals surface area (Å²) in [6, 6.07) is 77.6. The molecular weight excluding hydrogens is 741 g/mol. The normalized spacial score (nSPS) is 11.6. The predicted molar refractivity (Wildman–Crippen MR) is 254 cm³/mol. The zero-order chi connectivity index (χ0) is 40.3. The molecule has 10 aromatic carbocycles. The predicted octanol–water partition coefficient (Wildman–Crippen LogP) is 15.8. The van der Waals surface area contributed by atoms with Crippen molar-refractivity contribution in [2.24, 2.45) is 0 Å². The Morgan fingerprint density at radius 1 is 0.311 bits per heavy atom. The molecule has 3 heteroatoms. The van der Waals surface area contributed by atoms with Gasteiger partial charge >= 0.3 is 0 Å². The molecule has 0 atom stereocenters. The molecule has 0 aliphatic rings. The summed E-state index contributed by atoms with van der Waals surface area (Å²) < 4.78 is 6.39. The molecule has 2 heterocycles. The van der Waals surface area contributed by atoms with Crippen molar-refractivity contribution in [1.29, 1.82) is 0 Å². The first-order chi connectivity index (χ1) is 30.2. The van der Waals surface area contributed by atoms with Crippen LogP contribution in [-0.2, 0) is 0 Å². The maximum absolute atomic E-state index is 6.39. The summed E-state index contributed by atoms with van der Waals surface area (Å²) in [6.07, 6.45) is 0. The van der Waals surface area contributed by atoms with E-state index >= 15 is 0 Å². The van der Waals surface area contributed by atoms with Crippen LogP contribution in [0.5, 0.6) is 0 Å². The largest absolute Gasteiger partial charge is 0.456 e. The minimum Gasteiger partial charge on any atom is -0.456 e. The first-order valence-corrected chi connectivity index (χ1v) is 20.7. The molecule has 0 aliphatic carbocycles. The van der Waals surface area contributed by atoms with E-state index in [0.717, 1.165) is 55.8 Å². The van der Waals surface area contributed by atoms with Crippen LogP contribution < -0.4 is 0 Å². The highest BCUT2D eigenvalue weighted by Crippen LogP contribution is 2.47. The van der Waals surface area contributed by atoms with Gasteiger partial charge in [-0.1, -0.05) is 188 Å². The lowest BCUT2D eigenvalue weighted by molar-refractivity contribution is 0.632. The Morgan fingerprint density at radius 3 is 1.66 bits per heavy atom. The van der Waals surface area contributed by atoms with Crippen molar-refractivity contribution >= 4 is 54.1 Å². The average molecular weight is 777 g/mol. The second-order valence-corrected chi connectivity index (χ2v) is 15.7. The number of hydrogen-bond acceptors (Lipinski definition) is 3. The van der Waals surface area contributed by atoms with E-state index in [1.807, 2.05) is 36.4 Å². The molecule has 0 spiro atoms. The Balaban J connectivity index is 1.03. The molecule has 0 unspecified atom stereocenters. The number of hydrogen-bond donors (Lipinski definition) is 0. The summed E-state index contributed by atoms with van der Waals surface area (Å²) in [5, 5.41) is 10.9. The molecule has 0 saturated carbocycles. The third kappa shape index (κ3) is 5.98. The van der Waals surface area contributed by atoms with E-state index in [1.54, 1.807) is 0 Å². The van der Waals surface area contributed by atoms with Crippen LogP contribution in [0.1, 0.15) is 0 Å². The highest BCUT2D eigenvalue weighted by molar-refractivity contribution is 6.28. The van der Waals surface area contributed by atoms with Crippen molar-refractivity contribution < 1.29 is 4.42 Å². The lowest BCUT2D eigenvalue weighted by atomic mass is 9.83. The zero-order valence-electron chi connectivity index (χ0n) is 33.1. The molecule has 0 N–H and O–H groups in total. The van der Waals surface area contributed by atoms with E-state index in [2.05, 4.69) is 182 Å². The quantitative estimate of drug-likeness (QED) is 0.125. The molecule has 0 fully saturated rings. The highest BCUT2D eigenvalue weighted by atomic mass is 16.3. The number of nitrogens with zero attached hydrogens (tertiary/aromatic N) is 2. The van der Waals surface area contributed by atoms with Crippen molar-refractivity contribution in [1.82, 2.24) is 9.97 Å². The lowest BCUT2D eigenvalue weighted by Gasteiger charge is -2.19. The minimum absolute atomic E-state index is 0.674. The van der Waals surface area contributed by atoms with Crippen LogP contribution in [0.15, 0.2) is 223 Å². The first kappa shape index (κ1) is 34.9. The smallest absolute Gasteiger partial charge is 0.160 e. The SMILES string of the molecule is c1ccc(-c2nc(-c3ccc4cc(-c5c6ccccc6c(-c6ccccc6)c6ccc7ccccc7c56)ccc4c3)cc(-c3ccccc3-c3cc4ccccc4o3)n2)cc1. The fourth-order valence-corrected chi connectivity index (χ4v) is 9.21. The molecule has 0 bridgehead atoms. The number of fused-ring (bicyclic) bond motifs is 6. The van der Waals surface area contributed by atoms with Gasteiger partial charge in [0.1, 0.15) is 11.3 Å². The van der Waals surface area contributed by atoms with E-state index in [0.29, 0.717) is 5.82 Å². The molecular formula is C58H36N2O. The van der Waals surface area contributed by atoms with E-state index < -0.39 is 0 Å². The molecule has 0 aliphatic heterocycles. The van der Waals surface area contributed by atoms with E-state index in [-0.39, 0.29) is 0 Å². The second kappa shape index (κ2) is 14.3. The van der Waals surface area contributed by atoms with Gasteiger partial charge in [0.15, 0.2) is 5.82 Å². The average Bonchev–Trinajstić information content (AvgIpc) is 3.78. The summed E-state index contributed by atoms with van der Waals surface area (Å²) >= 11 is 0. The van der Waals surface area contributed by atoms with Crippen LogP contribution >= 0.6 is 0 Å². The Hall–Kier alpha value is -8.14. The Bertz CT molecular complexity index is 3610. The number of aromatic nitrogens is 2. The Kier molecular flexibility index (Phi) is 8.17. The van der Waals surface area contributed by atoms with Gasteiger partial charge in [-0.15, -0.1) is 0 Å². The standard InChI is InChI=1S/C58H36N2O/c1-3-16-38(17-4-1)55-48-24-12-13-25-49(48)56(57-45-21-9-7-15-37(45)31-32-50(55)57)44-30-28-40-33-42(29-27-41(40)34-44)51-36-52(60-58(59-51)39-18-5-2-6-19-39)46-22-10-11-23-47(46)54-35-43-20-8-14-26-53(43)61-54/h1-36H. The topological polar surface area (TPSA) is 38.9 Å². The van der Waals surface area contributed by atoms with Crippen LogP contribution in [0.4, 0.5) is 0 Å². The first-order valence-electron chi connectivity index (χ1n) is 20.7. The Morgan fingerprint density at radius 2 is 0.885 bits per heavy atom. The van der Waals surface area contributed by atoms with Gasteiger partial charge in [0.2, 0.25) is 0 Å². The molecule has 12 rings (SSSR count). The summed E-state index contributed by atoms with van der Waals surface area (Å²) in [6.45, 7) is 0. The maximum atomic E-state index is 6.39. The van der Waals surface area contributed by atoms with Gasteiger partial charge in [-0.3, -0.25) is 0 Å². The minimum atomic E-state index is 0.674. The second-order valence-electron chi connectivity index (χ2n) is 15.7. The molecule has 0 saturated heterocycles.